The Balaban J connectivity index is 1.94. The molecule has 1 unspecified atom stereocenters. The van der Waals surface area contributed by atoms with Crippen LogP contribution < -0.4 is 19.7 Å². The zero-order valence-corrected chi connectivity index (χ0v) is 26.1. The fourth-order valence-electron chi connectivity index (χ4n) is 4.91. The second-order valence-corrected chi connectivity index (χ2v) is 13.0. The van der Waals surface area contributed by atoms with Crippen molar-refractivity contribution in [3.05, 3.63) is 90.0 Å². The van der Waals surface area contributed by atoms with Crippen LogP contribution in [0.1, 0.15) is 56.0 Å². The second-order valence-electron chi connectivity index (χ2n) is 11.2. The van der Waals surface area contributed by atoms with Crippen molar-refractivity contribution in [3.8, 4) is 5.75 Å². The van der Waals surface area contributed by atoms with Crippen LogP contribution in [0.5, 0.6) is 5.75 Å². The molecular weight excluding hydrogens is 566 g/mol. The Morgan fingerprint density at radius 2 is 1.60 bits per heavy atom. The van der Waals surface area contributed by atoms with E-state index < -0.39 is 28.1 Å². The van der Waals surface area contributed by atoms with Crippen molar-refractivity contribution in [2.45, 2.75) is 64.6 Å². The molecule has 0 aromatic heterocycles. The number of aliphatic hydroxyl groups excluding tert-OH is 1. The molecule has 0 saturated carbocycles. The Morgan fingerprint density at radius 3 is 2.21 bits per heavy atom. The molecule has 3 aromatic rings. The van der Waals surface area contributed by atoms with Crippen LogP contribution >= 0.6 is 0 Å². The Morgan fingerprint density at radius 1 is 0.953 bits per heavy atom. The number of carbonyl (C=O) groups excluding carboxylic acids is 2. The van der Waals surface area contributed by atoms with E-state index in [4.69, 9.17) is 4.74 Å². The van der Waals surface area contributed by atoms with Gasteiger partial charge in [0.2, 0.25) is 10.0 Å². The number of rotatable bonds is 17. The minimum absolute atomic E-state index is 0.0334. The van der Waals surface area contributed by atoms with Gasteiger partial charge in [0.25, 0.3) is 12.4 Å². The van der Waals surface area contributed by atoms with E-state index in [0.29, 0.717) is 12.3 Å². The SMILES string of the molecule is CC(C)CCCC(C)NC[C@@H](O)[C@H](Cc1ccccc1)NC(=O)c1cccc(OC=O)c1N(c1ccccc1)S(C)(=O)=O. The average Bonchev–Trinajstić information content (AvgIpc) is 2.96. The monoisotopic (exact) mass is 609 g/mol. The normalized spacial score (nSPS) is 13.6. The van der Waals surface area contributed by atoms with Gasteiger partial charge in [-0.25, -0.2) is 12.7 Å². The van der Waals surface area contributed by atoms with Gasteiger partial charge in [0.1, 0.15) is 5.69 Å². The number of nitrogens with one attached hydrogen (secondary N) is 2. The van der Waals surface area contributed by atoms with Crippen LogP contribution in [-0.4, -0.2) is 56.9 Å². The molecule has 43 heavy (non-hydrogen) atoms. The fraction of sp³-hybridized carbons (Fsp3) is 0.394. The van der Waals surface area contributed by atoms with Crippen molar-refractivity contribution in [2.75, 3.05) is 17.1 Å². The van der Waals surface area contributed by atoms with E-state index in [0.717, 1.165) is 35.4 Å². The molecule has 10 heteroatoms. The van der Waals surface area contributed by atoms with E-state index in [2.05, 4.69) is 31.4 Å². The topological polar surface area (TPSA) is 125 Å². The molecule has 3 rings (SSSR count). The molecule has 3 aromatic carbocycles. The van der Waals surface area contributed by atoms with Gasteiger partial charge in [-0.2, -0.15) is 0 Å². The fourth-order valence-corrected chi connectivity index (χ4v) is 5.93. The summed E-state index contributed by atoms with van der Waals surface area (Å²) in [5.41, 5.74) is 1.04. The summed E-state index contributed by atoms with van der Waals surface area (Å²) in [6, 6.07) is 21.6. The molecular formula is C33H43N3O6S. The highest BCUT2D eigenvalue weighted by atomic mass is 32.2. The van der Waals surface area contributed by atoms with Crippen LogP contribution in [0.2, 0.25) is 0 Å². The predicted octanol–water partition coefficient (Wildman–Crippen LogP) is 4.83. The highest BCUT2D eigenvalue weighted by Gasteiger charge is 2.31. The van der Waals surface area contributed by atoms with E-state index in [1.54, 1.807) is 30.3 Å². The third-order valence-corrected chi connectivity index (χ3v) is 8.17. The van der Waals surface area contributed by atoms with Crippen LogP contribution in [0.3, 0.4) is 0 Å². The summed E-state index contributed by atoms with van der Waals surface area (Å²) >= 11 is 0. The Hall–Kier alpha value is -3.73. The largest absolute Gasteiger partial charge is 0.426 e. The first-order valence-electron chi connectivity index (χ1n) is 14.6. The third-order valence-electron chi connectivity index (χ3n) is 7.12. The van der Waals surface area contributed by atoms with Gasteiger partial charge in [-0.05, 0) is 55.5 Å². The van der Waals surface area contributed by atoms with Gasteiger partial charge >= 0.3 is 0 Å². The molecule has 0 aliphatic rings. The van der Waals surface area contributed by atoms with Gasteiger partial charge in [-0.15, -0.1) is 0 Å². The number of para-hydroxylation sites is 2. The molecule has 0 spiro atoms. The molecule has 0 bridgehead atoms. The molecule has 0 radical (unpaired) electrons. The van der Waals surface area contributed by atoms with Gasteiger partial charge in [-0.3, -0.25) is 9.59 Å². The summed E-state index contributed by atoms with van der Waals surface area (Å²) in [6.45, 7) is 6.90. The number of sulfonamides is 1. The number of anilines is 2. The van der Waals surface area contributed by atoms with Crippen LogP contribution in [-0.2, 0) is 21.2 Å². The van der Waals surface area contributed by atoms with Crippen molar-refractivity contribution in [1.82, 2.24) is 10.6 Å². The van der Waals surface area contributed by atoms with Gasteiger partial charge in [-0.1, -0.05) is 81.3 Å². The number of amides is 1. The number of aliphatic hydroxyl groups is 1. The zero-order valence-electron chi connectivity index (χ0n) is 25.3. The number of carbonyl (C=O) groups is 2. The standard InChI is InChI=1S/C33H43N3O6S/c1-24(2)13-11-14-25(3)34-22-30(38)29(21-26-15-7-5-8-16-26)35-33(39)28-19-12-20-31(42-23-37)32(28)36(43(4,40)41)27-17-9-6-10-18-27/h5-10,12,15-20,23-25,29-30,34,38H,11,13-14,21-22H2,1-4H3,(H,35,39)/t25?,29-,30+/m0/s1. The summed E-state index contributed by atoms with van der Waals surface area (Å²) in [5, 5.41) is 17.6. The lowest BCUT2D eigenvalue weighted by Crippen LogP contribution is -2.50. The summed E-state index contributed by atoms with van der Waals surface area (Å²) in [5.74, 6) is -0.0982. The Bertz CT molecular complexity index is 1420. The van der Waals surface area contributed by atoms with E-state index in [1.165, 1.54) is 18.2 Å². The van der Waals surface area contributed by atoms with Crippen molar-refractivity contribution >= 4 is 33.8 Å². The first-order valence-corrected chi connectivity index (χ1v) is 16.4. The second kappa shape index (κ2) is 16.2. The van der Waals surface area contributed by atoms with Gasteiger partial charge in [0.05, 0.1) is 29.7 Å². The summed E-state index contributed by atoms with van der Waals surface area (Å²) in [7, 11) is -3.99. The third kappa shape index (κ3) is 10.2. The molecule has 3 atom stereocenters. The lowest BCUT2D eigenvalue weighted by Gasteiger charge is -2.29. The van der Waals surface area contributed by atoms with E-state index in [9.17, 15) is 23.1 Å². The molecule has 232 valence electrons. The minimum atomic E-state index is -3.99. The predicted molar refractivity (Wildman–Crippen MR) is 170 cm³/mol. The van der Waals surface area contributed by atoms with E-state index in [-0.39, 0.29) is 41.7 Å². The van der Waals surface area contributed by atoms with Crippen LogP contribution in [0, 0.1) is 5.92 Å². The number of nitrogens with zero attached hydrogens (tertiary/aromatic N) is 1. The quantitative estimate of drug-likeness (QED) is 0.187. The summed E-state index contributed by atoms with van der Waals surface area (Å²) in [6.07, 6.45) is 3.57. The average molecular weight is 610 g/mol. The molecule has 0 aliphatic heterocycles. The Labute approximate surface area is 255 Å². The number of hydrogen-bond donors (Lipinski definition) is 3. The van der Waals surface area contributed by atoms with Crippen LogP contribution in [0.15, 0.2) is 78.9 Å². The van der Waals surface area contributed by atoms with Crippen molar-refractivity contribution in [2.24, 2.45) is 5.92 Å². The molecule has 1 amide bonds. The highest BCUT2D eigenvalue weighted by Crippen LogP contribution is 2.39. The molecule has 0 fully saturated rings. The smallest absolute Gasteiger partial charge is 0.298 e. The minimum Gasteiger partial charge on any atom is -0.426 e. The number of benzene rings is 3. The first kappa shape index (κ1) is 33.8. The van der Waals surface area contributed by atoms with Crippen molar-refractivity contribution < 1.29 is 27.9 Å². The lowest BCUT2D eigenvalue weighted by atomic mass is 9.99. The molecule has 0 aliphatic carbocycles. The number of hydrogen-bond acceptors (Lipinski definition) is 7. The van der Waals surface area contributed by atoms with Crippen molar-refractivity contribution in [3.63, 3.8) is 0 Å². The van der Waals surface area contributed by atoms with Crippen LogP contribution in [0.4, 0.5) is 11.4 Å². The zero-order chi connectivity index (χ0) is 31.4. The Kier molecular flexibility index (Phi) is 12.7. The lowest BCUT2D eigenvalue weighted by molar-refractivity contribution is -0.120. The maximum absolute atomic E-state index is 13.9. The highest BCUT2D eigenvalue weighted by molar-refractivity contribution is 7.92. The van der Waals surface area contributed by atoms with E-state index in [1.807, 2.05) is 30.3 Å². The summed E-state index contributed by atoms with van der Waals surface area (Å²) in [4.78, 5) is 25.3. The van der Waals surface area contributed by atoms with Gasteiger partial charge in [0.15, 0.2) is 5.75 Å². The molecule has 3 N–H and O–H groups in total. The van der Waals surface area contributed by atoms with Gasteiger partial charge < -0.3 is 20.5 Å². The molecule has 0 saturated heterocycles. The molecule has 0 heterocycles. The maximum atomic E-state index is 13.9. The first-order chi connectivity index (χ1) is 20.5. The summed E-state index contributed by atoms with van der Waals surface area (Å²) < 4.78 is 32.3. The molecule has 9 nitrogen and oxygen atoms in total. The number of ether oxygens (including phenoxy) is 1. The van der Waals surface area contributed by atoms with Crippen LogP contribution in [0.25, 0.3) is 0 Å². The van der Waals surface area contributed by atoms with Crippen molar-refractivity contribution in [1.29, 1.82) is 0 Å². The maximum Gasteiger partial charge on any atom is 0.298 e. The van der Waals surface area contributed by atoms with E-state index >= 15 is 0 Å². The van der Waals surface area contributed by atoms with Gasteiger partial charge in [0, 0.05) is 12.6 Å².